The number of phenols is 1. The Kier molecular flexibility index (Phi) is 15.8. The van der Waals surface area contributed by atoms with Gasteiger partial charge in [0.15, 0.2) is 11.6 Å². The highest BCUT2D eigenvalue weighted by Crippen LogP contribution is 2.63. The lowest BCUT2D eigenvalue weighted by molar-refractivity contribution is -0.109. The Labute approximate surface area is 416 Å². The van der Waals surface area contributed by atoms with Crippen molar-refractivity contribution < 1.29 is 24.2 Å². The number of carbonyl (C=O) groups is 3. The fraction of sp³-hybridized carbons (Fsp3) is 0.625. The standard InChI is InChI=1S/C19H24O2.C18H22O2.C17H22.C2H3ClO.Al.3ClH/c1-12(20)17-8-16(3-4-18(17)21-2)19-9-13-5-14(10-19)7-15(6-13)11-19;1-11(19)16-7-15(2-3-17(16)20)18-8-12-4-13(9-18)6-14(5-12)10-18;1-12-2-4-16(5-3-12)17-9-13-6-14(10-17)8-15(7-13)11-17;1-2(3)4;;;;/h3-4,8,13-15H,5-7,9-11H2,1-2H3;2-3,7,12-14,20H,4-6,8-10H2,1H3;2-5,13-15H,6-11H2,1H3;1H3;;3*1H/q;;;;+3;;;/p-3. The maximum atomic E-state index is 11.9. The van der Waals surface area contributed by atoms with E-state index in [0.29, 0.717) is 21.8 Å². The Bertz CT molecular complexity index is 2120. The van der Waals surface area contributed by atoms with Crippen LogP contribution in [0.2, 0.25) is 0 Å². The van der Waals surface area contributed by atoms with Crippen molar-refractivity contribution in [3.63, 3.8) is 0 Å². The highest BCUT2D eigenvalue weighted by Gasteiger charge is 2.54. The summed E-state index contributed by atoms with van der Waals surface area (Å²) in [7, 11) is 16.5. The maximum absolute atomic E-state index is 11.9. The first-order chi connectivity index (χ1) is 31.3. The number of Topliss-reactive ketones (excluding diaryl/α,β-unsaturated/α-hetero) is 2. The molecular weight excluding hydrogens is 921 g/mol. The SMILES string of the molecule is CC(=O)Cl.CC(=O)c1cc(C23CC4CC(CC(C4)C2)C3)ccc1O.COc1ccc(C23CC4CC(CC(C4)C2)C3)cc1C(C)=O.Cc1ccc(C23CC4CC(CC(C4)C2)C3)cc1.[Cl][Al]([Cl])[Cl]. The van der Waals surface area contributed by atoms with Gasteiger partial charge in [0.25, 0.3) is 0 Å². The lowest BCUT2D eigenvalue weighted by Crippen LogP contribution is -2.48. The van der Waals surface area contributed by atoms with E-state index in [2.05, 4.69) is 61.0 Å². The monoisotopic (exact) mass is 990 g/mol. The van der Waals surface area contributed by atoms with Crippen molar-refractivity contribution in [2.24, 2.45) is 53.3 Å². The largest absolute Gasteiger partial charge is 0.643 e. The number of ether oxygens (including phenoxy) is 1. The molecule has 15 rings (SSSR count). The molecule has 12 saturated carbocycles. The summed E-state index contributed by atoms with van der Waals surface area (Å²) in [4.78, 5) is 32.8. The average Bonchev–Trinajstić information content (AvgIpc) is 3.22. The van der Waals surface area contributed by atoms with Gasteiger partial charge in [-0.25, -0.2) is 30.1 Å². The molecule has 0 saturated heterocycles. The van der Waals surface area contributed by atoms with E-state index >= 15 is 0 Å². The van der Waals surface area contributed by atoms with Crippen LogP contribution in [0.4, 0.5) is 0 Å². The number of rotatable bonds is 6. The minimum Gasteiger partial charge on any atom is -0.507 e. The number of hydrogen-bond donors (Lipinski definition) is 1. The number of phenolic OH excluding ortho intramolecular Hbond substituents is 1. The van der Waals surface area contributed by atoms with Crippen LogP contribution in [0.5, 0.6) is 11.5 Å². The van der Waals surface area contributed by atoms with Gasteiger partial charge in [0.2, 0.25) is 5.24 Å². The molecule has 12 fully saturated rings. The number of methoxy groups -OCH3 is 1. The fourth-order valence-corrected chi connectivity index (χ4v) is 16.8. The van der Waals surface area contributed by atoms with Gasteiger partial charge >= 0.3 is 11.4 Å². The van der Waals surface area contributed by atoms with E-state index in [-0.39, 0.29) is 22.6 Å². The second-order valence-electron chi connectivity index (χ2n) is 22.9. The van der Waals surface area contributed by atoms with E-state index in [1.54, 1.807) is 51.8 Å². The first-order valence-corrected chi connectivity index (χ1v) is 30.7. The molecule has 356 valence electrons. The Morgan fingerprint density at radius 3 is 1.09 bits per heavy atom. The van der Waals surface area contributed by atoms with Crippen molar-refractivity contribution in [2.75, 3.05) is 7.11 Å². The number of carbonyl (C=O) groups excluding carboxylic acids is 3. The number of ketones is 2. The first kappa shape index (κ1) is 50.4. The Morgan fingerprint density at radius 1 is 0.515 bits per heavy atom. The minimum absolute atomic E-state index is 0.0333. The van der Waals surface area contributed by atoms with E-state index < -0.39 is 11.4 Å². The van der Waals surface area contributed by atoms with Gasteiger partial charge in [-0.05, 0) is 258 Å². The van der Waals surface area contributed by atoms with E-state index in [9.17, 15) is 19.5 Å². The lowest BCUT2D eigenvalue weighted by Gasteiger charge is -2.57. The molecule has 66 heavy (non-hydrogen) atoms. The van der Waals surface area contributed by atoms with Gasteiger partial charge in [0, 0.05) is 6.92 Å². The van der Waals surface area contributed by atoms with Gasteiger partial charge in [-0.15, -0.1) is 0 Å². The average molecular weight is 993 g/mol. The molecule has 0 unspecified atom stereocenters. The molecular formula is C56H71AlCl4O5. The van der Waals surface area contributed by atoms with Gasteiger partial charge in [-0.1, -0.05) is 42.0 Å². The van der Waals surface area contributed by atoms with Gasteiger partial charge in [0.05, 0.1) is 18.2 Å². The molecule has 12 aliphatic rings. The van der Waals surface area contributed by atoms with Crippen LogP contribution in [0.25, 0.3) is 0 Å². The second kappa shape index (κ2) is 20.7. The summed E-state index contributed by atoms with van der Waals surface area (Å²) in [5, 5.41) is 9.51. The summed E-state index contributed by atoms with van der Waals surface area (Å²) in [5.41, 5.74) is 8.25. The second-order valence-corrected chi connectivity index (χ2v) is 29.9. The predicted octanol–water partition coefficient (Wildman–Crippen LogP) is 15.4. The summed E-state index contributed by atoms with van der Waals surface area (Å²) in [6.45, 7) is 6.67. The van der Waals surface area contributed by atoms with Crippen molar-refractivity contribution in [2.45, 2.75) is 160 Å². The summed E-state index contributed by atoms with van der Waals surface area (Å²) >= 11 is 2.91. The summed E-state index contributed by atoms with van der Waals surface area (Å²) in [6.07, 6.45) is 25.6. The van der Waals surface area contributed by atoms with Crippen molar-refractivity contribution in [3.05, 3.63) is 94.0 Å². The quantitative estimate of drug-likeness (QED) is 0.151. The molecule has 0 amide bonds. The molecule has 3 aromatic rings. The van der Waals surface area contributed by atoms with E-state index in [1.807, 2.05) is 12.1 Å². The van der Waals surface area contributed by atoms with Crippen LogP contribution < -0.4 is 4.74 Å². The molecule has 0 heterocycles. The third kappa shape index (κ3) is 11.3. The van der Waals surface area contributed by atoms with Gasteiger partial charge < -0.3 is 9.84 Å². The van der Waals surface area contributed by atoms with Crippen LogP contribution in [0, 0.1) is 60.2 Å². The molecule has 0 radical (unpaired) electrons. The van der Waals surface area contributed by atoms with Crippen molar-refractivity contribution >= 4 is 69.9 Å². The predicted molar refractivity (Wildman–Crippen MR) is 272 cm³/mol. The highest BCUT2D eigenvalue weighted by atomic mass is 35.8. The third-order valence-electron chi connectivity index (χ3n) is 18.0. The van der Waals surface area contributed by atoms with Gasteiger partial charge in [0.1, 0.15) is 11.5 Å². The number of aromatic hydroxyl groups is 1. The van der Waals surface area contributed by atoms with E-state index in [0.717, 1.165) is 64.6 Å². The van der Waals surface area contributed by atoms with E-state index in [1.165, 1.54) is 120 Å². The van der Waals surface area contributed by atoms with Crippen LogP contribution in [-0.2, 0) is 21.0 Å². The van der Waals surface area contributed by atoms with Crippen LogP contribution in [0.1, 0.15) is 179 Å². The number of hydrogen-bond acceptors (Lipinski definition) is 5. The third-order valence-corrected chi connectivity index (χ3v) is 18.0. The Morgan fingerprint density at radius 2 is 0.788 bits per heavy atom. The number of benzene rings is 3. The topological polar surface area (TPSA) is 80.7 Å². The smallest absolute Gasteiger partial charge is 0.507 e. The van der Waals surface area contributed by atoms with Gasteiger partial charge in [-0.3, -0.25) is 14.4 Å². The summed E-state index contributed by atoms with van der Waals surface area (Å²) < 4.78 is 5.36. The molecule has 1 N–H and O–H groups in total. The van der Waals surface area contributed by atoms with E-state index in [4.69, 9.17) is 34.9 Å². The molecule has 5 nitrogen and oxygen atoms in total. The van der Waals surface area contributed by atoms with Crippen LogP contribution in [-0.4, -0.2) is 40.4 Å². The van der Waals surface area contributed by atoms with Crippen LogP contribution in [0.3, 0.4) is 0 Å². The zero-order chi connectivity index (χ0) is 47.1. The van der Waals surface area contributed by atoms with Crippen LogP contribution in [0.15, 0.2) is 60.7 Å². The molecule has 0 spiro atoms. The minimum atomic E-state index is -1.72. The zero-order valence-electron chi connectivity index (χ0n) is 39.9. The number of aryl methyl sites for hydroxylation is 1. The normalized spacial score (nSPS) is 35.1. The zero-order valence-corrected chi connectivity index (χ0v) is 44.0. The fourth-order valence-electron chi connectivity index (χ4n) is 16.8. The summed E-state index contributed by atoms with van der Waals surface area (Å²) in [6, 6.07) is 21.6. The Hall–Kier alpha value is -2.04. The maximum Gasteiger partial charge on any atom is 0.643 e. The van der Waals surface area contributed by atoms with Crippen molar-refractivity contribution in [1.82, 2.24) is 0 Å². The Balaban J connectivity index is 0.000000125. The molecule has 10 heteroatoms. The van der Waals surface area contributed by atoms with Crippen LogP contribution >= 0.6 is 41.7 Å². The highest BCUT2D eigenvalue weighted by molar-refractivity contribution is 7.54. The molecule has 12 aliphatic carbocycles. The molecule has 0 atom stereocenters. The number of halogens is 4. The molecule has 12 bridgehead atoms. The molecule has 3 aromatic carbocycles. The lowest BCUT2D eigenvalue weighted by atomic mass is 9.48. The molecule has 0 aliphatic heterocycles. The van der Waals surface area contributed by atoms with Crippen molar-refractivity contribution in [3.8, 4) is 11.5 Å². The summed E-state index contributed by atoms with van der Waals surface area (Å²) in [5.74, 6) is 9.59. The molecule has 0 aromatic heterocycles. The van der Waals surface area contributed by atoms with Crippen molar-refractivity contribution in [1.29, 1.82) is 0 Å². The van der Waals surface area contributed by atoms with Gasteiger partial charge in [-0.2, -0.15) is 0 Å². The first-order valence-electron chi connectivity index (χ1n) is 25.0.